The summed E-state index contributed by atoms with van der Waals surface area (Å²) in [5.41, 5.74) is 5.93. The zero-order chi connectivity index (χ0) is 9.54. The maximum absolute atomic E-state index is 2.39. The third kappa shape index (κ3) is 1.23. The number of hydrogen-bond acceptors (Lipinski definition) is 0. The summed E-state index contributed by atoms with van der Waals surface area (Å²) in [6.45, 7) is 0. The van der Waals surface area contributed by atoms with Crippen LogP contribution in [0, 0.1) is 0 Å². The second-order valence-electron chi connectivity index (χ2n) is 3.99. The standard InChI is InChI=1S/C13H9.In.2H/c1-3-7-12-10(5-1)9-11-6-2-4-8-13(11)12;;;/h1-3,5-8H,9H2;;;. The third-order valence-corrected chi connectivity index (χ3v) is 4.73. The summed E-state index contributed by atoms with van der Waals surface area (Å²) in [4.78, 5) is 0. The van der Waals surface area contributed by atoms with E-state index in [1.807, 2.05) is 0 Å². The molecule has 0 fully saturated rings. The van der Waals surface area contributed by atoms with Crippen LogP contribution in [0.25, 0.3) is 11.1 Å². The first-order chi connectivity index (χ1) is 6.84. The molecule has 0 nitrogen and oxygen atoms in total. The SMILES string of the molecule is [InH2][c]1ccc2c(c1)-c1ccccc1C2. The Morgan fingerprint density at radius 1 is 0.857 bits per heavy atom. The molecule has 1 heteroatoms. The van der Waals surface area contributed by atoms with Gasteiger partial charge in [0, 0.05) is 0 Å². The van der Waals surface area contributed by atoms with Crippen molar-refractivity contribution in [2.45, 2.75) is 6.42 Å². The summed E-state index contributed by atoms with van der Waals surface area (Å²) in [6.07, 6.45) is 1.13. The van der Waals surface area contributed by atoms with Gasteiger partial charge in [-0.1, -0.05) is 0 Å². The predicted molar refractivity (Wildman–Crippen MR) is 62.9 cm³/mol. The van der Waals surface area contributed by atoms with E-state index >= 15 is 0 Å². The number of hydrogen-bond donors (Lipinski definition) is 0. The van der Waals surface area contributed by atoms with Crippen LogP contribution in [-0.4, -0.2) is 24.4 Å². The van der Waals surface area contributed by atoms with E-state index in [0.717, 1.165) is 6.42 Å². The average molecular weight is 282 g/mol. The maximum atomic E-state index is 2.39. The summed E-state index contributed by atoms with van der Waals surface area (Å²) >= 11 is 0.628. The summed E-state index contributed by atoms with van der Waals surface area (Å²) in [5, 5.41) is 0. The van der Waals surface area contributed by atoms with Gasteiger partial charge in [-0.25, -0.2) is 0 Å². The van der Waals surface area contributed by atoms with E-state index in [4.69, 9.17) is 0 Å². The van der Waals surface area contributed by atoms with Gasteiger partial charge in [-0.2, -0.15) is 0 Å². The second-order valence-corrected chi connectivity index (χ2v) is 7.29. The first-order valence-corrected chi connectivity index (χ1v) is 7.88. The molecule has 0 unspecified atom stereocenters. The van der Waals surface area contributed by atoms with Gasteiger partial charge in [0.1, 0.15) is 0 Å². The molecule has 0 heterocycles. The molecule has 2 aromatic rings. The van der Waals surface area contributed by atoms with Crippen LogP contribution in [0.1, 0.15) is 11.1 Å². The molecule has 0 radical (unpaired) electrons. The van der Waals surface area contributed by atoms with Crippen LogP contribution < -0.4 is 3.32 Å². The summed E-state index contributed by atoms with van der Waals surface area (Å²) in [5.74, 6) is 0. The molecule has 0 aliphatic heterocycles. The van der Waals surface area contributed by atoms with Crippen LogP contribution in [0.3, 0.4) is 0 Å². The average Bonchev–Trinajstić information content (AvgIpc) is 2.56. The van der Waals surface area contributed by atoms with Crippen molar-refractivity contribution in [1.29, 1.82) is 0 Å². The number of rotatable bonds is 0. The summed E-state index contributed by atoms with van der Waals surface area (Å²) in [7, 11) is 0. The first-order valence-electron chi connectivity index (χ1n) is 5.02. The van der Waals surface area contributed by atoms with Crippen molar-refractivity contribution in [2.24, 2.45) is 0 Å². The molecule has 66 valence electrons. The van der Waals surface area contributed by atoms with Crippen molar-refractivity contribution in [3.8, 4) is 11.1 Å². The Hall–Kier alpha value is -0.690. The Bertz CT molecular complexity index is 500. The minimum absolute atomic E-state index is 0.628. The van der Waals surface area contributed by atoms with Crippen LogP contribution in [0.4, 0.5) is 0 Å². The van der Waals surface area contributed by atoms with E-state index in [-0.39, 0.29) is 0 Å². The Labute approximate surface area is 98.5 Å². The number of fused-ring (bicyclic) bond motifs is 3. The molecule has 0 aromatic heterocycles. The van der Waals surface area contributed by atoms with Gasteiger partial charge in [0.15, 0.2) is 0 Å². The molecular formula is C13H11In. The van der Waals surface area contributed by atoms with Crippen molar-refractivity contribution in [2.75, 3.05) is 0 Å². The molecule has 0 saturated carbocycles. The van der Waals surface area contributed by atoms with Crippen molar-refractivity contribution >= 4 is 27.7 Å². The van der Waals surface area contributed by atoms with E-state index in [2.05, 4.69) is 42.5 Å². The Kier molecular flexibility index (Phi) is 1.94. The van der Waals surface area contributed by atoms with Gasteiger partial charge >= 0.3 is 98.8 Å². The zero-order valence-electron chi connectivity index (χ0n) is 8.25. The molecule has 1 aliphatic carbocycles. The molecule has 1 aliphatic rings. The predicted octanol–water partition coefficient (Wildman–Crippen LogP) is 1.52. The van der Waals surface area contributed by atoms with E-state index in [1.165, 1.54) is 22.3 Å². The molecule has 14 heavy (non-hydrogen) atoms. The molecule has 0 saturated heterocycles. The van der Waals surface area contributed by atoms with Crippen LogP contribution in [-0.2, 0) is 6.42 Å². The quantitative estimate of drug-likeness (QED) is 0.586. The van der Waals surface area contributed by atoms with Crippen molar-refractivity contribution in [1.82, 2.24) is 0 Å². The minimum atomic E-state index is 0.628. The second kappa shape index (κ2) is 3.16. The molecule has 0 bridgehead atoms. The fourth-order valence-electron chi connectivity index (χ4n) is 2.24. The number of benzene rings is 2. The van der Waals surface area contributed by atoms with E-state index < -0.39 is 0 Å². The Balaban J connectivity index is 2.30. The van der Waals surface area contributed by atoms with E-state index in [0.29, 0.717) is 24.4 Å². The molecule has 0 N–H and O–H groups in total. The van der Waals surface area contributed by atoms with Crippen LogP contribution in [0.15, 0.2) is 42.5 Å². The zero-order valence-corrected chi connectivity index (χ0v) is 14.0. The van der Waals surface area contributed by atoms with Gasteiger partial charge in [0.2, 0.25) is 0 Å². The van der Waals surface area contributed by atoms with Gasteiger partial charge < -0.3 is 0 Å². The van der Waals surface area contributed by atoms with Gasteiger partial charge in [-0.3, -0.25) is 0 Å². The third-order valence-electron chi connectivity index (χ3n) is 2.95. The van der Waals surface area contributed by atoms with Gasteiger partial charge in [-0.05, 0) is 0 Å². The summed E-state index contributed by atoms with van der Waals surface area (Å²) < 4.78 is 1.56. The fraction of sp³-hybridized carbons (Fsp3) is 0.0769. The Morgan fingerprint density at radius 3 is 2.57 bits per heavy atom. The molecule has 2 aromatic carbocycles. The van der Waals surface area contributed by atoms with E-state index in [1.54, 1.807) is 3.32 Å². The van der Waals surface area contributed by atoms with Crippen LogP contribution in [0.2, 0.25) is 0 Å². The molecule has 3 rings (SSSR count). The Morgan fingerprint density at radius 2 is 1.64 bits per heavy atom. The molecule has 0 amide bonds. The van der Waals surface area contributed by atoms with Gasteiger partial charge in [0.05, 0.1) is 0 Å². The van der Waals surface area contributed by atoms with Crippen molar-refractivity contribution < 1.29 is 0 Å². The van der Waals surface area contributed by atoms with Crippen LogP contribution >= 0.6 is 0 Å². The fourth-order valence-corrected chi connectivity index (χ4v) is 3.54. The summed E-state index contributed by atoms with van der Waals surface area (Å²) in [6, 6.07) is 15.8. The monoisotopic (exact) mass is 282 g/mol. The topological polar surface area (TPSA) is 0 Å². The van der Waals surface area contributed by atoms with E-state index in [9.17, 15) is 0 Å². The van der Waals surface area contributed by atoms with Crippen molar-refractivity contribution in [3.05, 3.63) is 53.6 Å². The van der Waals surface area contributed by atoms with Crippen molar-refractivity contribution in [3.63, 3.8) is 0 Å². The molecule has 0 spiro atoms. The van der Waals surface area contributed by atoms with Gasteiger partial charge in [-0.15, -0.1) is 0 Å². The van der Waals surface area contributed by atoms with Gasteiger partial charge in [0.25, 0.3) is 0 Å². The first kappa shape index (κ1) is 8.60. The molecule has 0 atom stereocenters. The van der Waals surface area contributed by atoms with Crippen LogP contribution in [0.5, 0.6) is 0 Å². The normalized spacial score (nSPS) is 12.3. The molecular weight excluding hydrogens is 271 g/mol.